The van der Waals surface area contributed by atoms with Gasteiger partial charge in [-0.15, -0.1) is 0 Å². The van der Waals surface area contributed by atoms with E-state index in [2.05, 4.69) is 0 Å². The van der Waals surface area contributed by atoms with Crippen molar-refractivity contribution in [1.29, 1.82) is 0 Å². The summed E-state index contributed by atoms with van der Waals surface area (Å²) < 4.78 is 21.6. The van der Waals surface area contributed by atoms with Gasteiger partial charge in [0, 0.05) is 0 Å². The minimum absolute atomic E-state index is 0.218. The van der Waals surface area contributed by atoms with Gasteiger partial charge in [-0.3, -0.25) is 0 Å². The van der Waals surface area contributed by atoms with Gasteiger partial charge in [-0.25, -0.2) is 0 Å². The minimum atomic E-state index is -1.84. The molecular formula is C19H28O10. The molecule has 10 heteroatoms. The first-order valence-corrected chi connectivity index (χ1v) is 9.45. The molecule has 2 aliphatic heterocycles. The molecule has 6 N–H and O–H groups in total. The number of benzene rings is 1. The van der Waals surface area contributed by atoms with E-state index in [-0.39, 0.29) is 19.8 Å². The average Bonchev–Trinajstić information content (AvgIpc) is 3.02. The van der Waals surface area contributed by atoms with Crippen molar-refractivity contribution in [2.24, 2.45) is 0 Å². The van der Waals surface area contributed by atoms with Gasteiger partial charge in [0.2, 0.25) is 0 Å². The van der Waals surface area contributed by atoms with E-state index in [1.54, 1.807) is 0 Å². The highest BCUT2D eigenvalue weighted by molar-refractivity contribution is 5.14. The summed E-state index contributed by atoms with van der Waals surface area (Å²) in [4.78, 5) is 0. The van der Waals surface area contributed by atoms with Crippen molar-refractivity contribution in [2.45, 2.75) is 55.1 Å². The summed E-state index contributed by atoms with van der Waals surface area (Å²) in [7, 11) is 0. The van der Waals surface area contributed by atoms with E-state index < -0.39 is 55.3 Å². The number of hydrogen-bond donors (Lipinski definition) is 6. The van der Waals surface area contributed by atoms with Gasteiger partial charge < -0.3 is 49.6 Å². The van der Waals surface area contributed by atoms with Crippen molar-refractivity contribution >= 4 is 0 Å². The first-order valence-electron chi connectivity index (χ1n) is 9.45. The van der Waals surface area contributed by atoms with E-state index in [9.17, 15) is 25.5 Å². The summed E-state index contributed by atoms with van der Waals surface area (Å²) in [6.07, 6.45) is -8.88. The van der Waals surface area contributed by atoms with Crippen LogP contribution in [0.4, 0.5) is 0 Å². The minimum Gasteiger partial charge on any atom is -0.393 e. The van der Waals surface area contributed by atoms with Crippen LogP contribution < -0.4 is 0 Å². The molecule has 2 heterocycles. The molecule has 1 aromatic rings. The van der Waals surface area contributed by atoms with Crippen LogP contribution in [0.1, 0.15) is 5.56 Å². The fourth-order valence-corrected chi connectivity index (χ4v) is 3.25. The van der Waals surface area contributed by atoms with Gasteiger partial charge >= 0.3 is 0 Å². The Morgan fingerprint density at radius 3 is 2.34 bits per heavy atom. The zero-order chi connectivity index (χ0) is 21.0. The van der Waals surface area contributed by atoms with Gasteiger partial charge in [-0.2, -0.15) is 0 Å². The molecule has 10 nitrogen and oxygen atoms in total. The lowest BCUT2D eigenvalue weighted by atomic mass is 9.99. The Labute approximate surface area is 167 Å². The lowest BCUT2D eigenvalue weighted by Crippen LogP contribution is -2.59. The standard InChI is InChI=1S/C19H28O10/c20-9-19(25)10-28-18(16(19)24)27-8-12-13(21)14(22)15(23)17(29-12)26-7-6-11-4-2-1-3-5-11/h1-5,12-18,20-25H,6-10H2/t12-,13-,14+,15-,16+,17+,18-,19-/m1/s1. The van der Waals surface area contributed by atoms with Crippen molar-refractivity contribution in [3.05, 3.63) is 35.9 Å². The molecule has 2 saturated heterocycles. The summed E-state index contributed by atoms with van der Waals surface area (Å²) in [5.41, 5.74) is -0.808. The van der Waals surface area contributed by atoms with Crippen LogP contribution in [0.5, 0.6) is 0 Å². The molecule has 1 aromatic carbocycles. The highest BCUT2D eigenvalue weighted by Gasteiger charge is 2.50. The van der Waals surface area contributed by atoms with Crippen molar-refractivity contribution in [3.63, 3.8) is 0 Å². The SMILES string of the molecule is OC[C@@]1(O)CO[C@@H](OC[C@H]2O[C@H](OCCc3ccccc3)[C@H](O)[C@@H](O)[C@@H]2O)[C@@H]1O. The maximum atomic E-state index is 10.2. The van der Waals surface area contributed by atoms with Crippen LogP contribution in [0.15, 0.2) is 30.3 Å². The Bertz CT molecular complexity index is 631. The molecule has 0 saturated carbocycles. The molecule has 29 heavy (non-hydrogen) atoms. The van der Waals surface area contributed by atoms with Gasteiger partial charge in [-0.05, 0) is 12.0 Å². The highest BCUT2D eigenvalue weighted by atomic mass is 16.7. The number of aliphatic hydroxyl groups is 6. The van der Waals surface area contributed by atoms with Gasteiger partial charge in [0.05, 0.1) is 26.4 Å². The molecule has 0 unspecified atom stereocenters. The third-order valence-electron chi connectivity index (χ3n) is 5.19. The quantitative estimate of drug-likeness (QED) is 0.268. The van der Waals surface area contributed by atoms with Crippen LogP contribution in [-0.4, -0.2) is 106 Å². The molecule has 2 fully saturated rings. The number of hydrogen-bond acceptors (Lipinski definition) is 10. The Balaban J connectivity index is 1.52. The highest BCUT2D eigenvalue weighted by Crippen LogP contribution is 2.27. The van der Waals surface area contributed by atoms with Gasteiger partial charge in [0.1, 0.15) is 36.1 Å². The van der Waals surface area contributed by atoms with Crippen LogP contribution in [0.25, 0.3) is 0 Å². The van der Waals surface area contributed by atoms with E-state index >= 15 is 0 Å². The lowest BCUT2D eigenvalue weighted by molar-refractivity contribution is -0.309. The van der Waals surface area contributed by atoms with Gasteiger partial charge in [0.15, 0.2) is 12.6 Å². The summed E-state index contributed by atoms with van der Waals surface area (Å²) in [5.74, 6) is 0. The van der Waals surface area contributed by atoms with Crippen LogP contribution in [-0.2, 0) is 25.4 Å². The van der Waals surface area contributed by atoms with E-state index in [0.29, 0.717) is 6.42 Å². The van der Waals surface area contributed by atoms with Gasteiger partial charge in [-0.1, -0.05) is 30.3 Å². The molecule has 8 atom stereocenters. The second-order valence-corrected chi connectivity index (χ2v) is 7.34. The fraction of sp³-hybridized carbons (Fsp3) is 0.684. The predicted octanol–water partition coefficient (Wildman–Crippen LogP) is -2.49. The molecule has 0 spiro atoms. The molecule has 0 amide bonds. The largest absolute Gasteiger partial charge is 0.393 e. The van der Waals surface area contributed by atoms with E-state index in [1.807, 2.05) is 30.3 Å². The van der Waals surface area contributed by atoms with Crippen LogP contribution in [0.2, 0.25) is 0 Å². The first kappa shape index (κ1) is 22.5. The lowest BCUT2D eigenvalue weighted by Gasteiger charge is -2.40. The second-order valence-electron chi connectivity index (χ2n) is 7.34. The maximum Gasteiger partial charge on any atom is 0.186 e. The molecule has 0 aliphatic carbocycles. The van der Waals surface area contributed by atoms with E-state index in [1.165, 1.54) is 0 Å². The Morgan fingerprint density at radius 2 is 1.69 bits per heavy atom. The van der Waals surface area contributed by atoms with Crippen molar-refractivity contribution in [1.82, 2.24) is 0 Å². The molecule has 0 radical (unpaired) electrons. The van der Waals surface area contributed by atoms with Crippen molar-refractivity contribution in [2.75, 3.05) is 26.4 Å². The third-order valence-corrected chi connectivity index (χ3v) is 5.19. The number of ether oxygens (including phenoxy) is 4. The zero-order valence-corrected chi connectivity index (χ0v) is 15.8. The third kappa shape index (κ3) is 5.12. The molecule has 164 valence electrons. The molecule has 0 aromatic heterocycles. The van der Waals surface area contributed by atoms with Crippen LogP contribution in [0.3, 0.4) is 0 Å². The summed E-state index contributed by atoms with van der Waals surface area (Å²) in [6.45, 7) is -1.13. The molecule has 2 aliphatic rings. The van der Waals surface area contributed by atoms with Crippen LogP contribution >= 0.6 is 0 Å². The Morgan fingerprint density at radius 1 is 0.966 bits per heavy atom. The van der Waals surface area contributed by atoms with E-state index in [4.69, 9.17) is 24.1 Å². The molecule has 3 rings (SSSR count). The summed E-state index contributed by atoms with van der Waals surface area (Å²) >= 11 is 0. The normalized spacial score (nSPS) is 40.3. The number of rotatable bonds is 8. The Hall–Kier alpha value is -1.18. The van der Waals surface area contributed by atoms with Crippen LogP contribution in [0, 0.1) is 0 Å². The van der Waals surface area contributed by atoms with Crippen molar-refractivity contribution in [3.8, 4) is 0 Å². The van der Waals surface area contributed by atoms with Crippen molar-refractivity contribution < 1.29 is 49.6 Å². The average molecular weight is 416 g/mol. The van der Waals surface area contributed by atoms with Gasteiger partial charge in [0.25, 0.3) is 0 Å². The monoisotopic (exact) mass is 416 g/mol. The topological polar surface area (TPSA) is 158 Å². The van der Waals surface area contributed by atoms with E-state index in [0.717, 1.165) is 5.56 Å². The fourth-order valence-electron chi connectivity index (χ4n) is 3.25. The predicted molar refractivity (Wildman–Crippen MR) is 96.5 cm³/mol. The Kier molecular flexibility index (Phi) is 7.57. The summed E-state index contributed by atoms with van der Waals surface area (Å²) in [6, 6.07) is 9.54. The first-order chi connectivity index (χ1) is 13.9. The maximum absolute atomic E-state index is 10.2. The second kappa shape index (κ2) is 9.75. The molecular weight excluding hydrogens is 388 g/mol. The molecule has 0 bridgehead atoms. The number of aliphatic hydroxyl groups excluding tert-OH is 5. The summed E-state index contributed by atoms with van der Waals surface area (Å²) in [5, 5.41) is 59.5. The zero-order valence-electron chi connectivity index (χ0n) is 15.8. The smallest absolute Gasteiger partial charge is 0.186 e.